The summed E-state index contributed by atoms with van der Waals surface area (Å²) in [4.78, 5) is 32.9. The molecule has 1 aromatic carbocycles. The number of benzene rings is 1. The lowest BCUT2D eigenvalue weighted by Gasteiger charge is -2.03. The van der Waals surface area contributed by atoms with Gasteiger partial charge < -0.3 is 20.8 Å². The molecule has 9 heteroatoms. The molecule has 0 heterocycles. The van der Waals surface area contributed by atoms with Crippen LogP contribution in [-0.4, -0.2) is 44.1 Å². The lowest BCUT2D eigenvalue weighted by atomic mass is 10.0. The van der Waals surface area contributed by atoms with Crippen molar-refractivity contribution in [1.82, 2.24) is 0 Å². The van der Waals surface area contributed by atoms with Gasteiger partial charge in [0.05, 0.1) is 5.56 Å². The van der Waals surface area contributed by atoms with Crippen LogP contribution in [0.3, 0.4) is 0 Å². The highest BCUT2D eigenvalue weighted by atomic mass is 17.1. The molecule has 0 fully saturated rings. The van der Waals surface area contributed by atoms with Gasteiger partial charge in [-0.3, -0.25) is 9.68 Å². The Labute approximate surface area is 209 Å². The van der Waals surface area contributed by atoms with E-state index in [9.17, 15) is 9.59 Å². The van der Waals surface area contributed by atoms with Gasteiger partial charge in [-0.1, -0.05) is 115 Å². The average molecular weight is 503 g/mol. The SMILES string of the molecule is CCCCCCCCCCCCCCCCCC(=O)O.O.O=C(O)O.O=C(OO)c1ccccc1. The Bertz CT molecular complexity index is 602. The van der Waals surface area contributed by atoms with E-state index in [-0.39, 0.29) is 5.48 Å². The van der Waals surface area contributed by atoms with Crippen LogP contribution in [0.2, 0.25) is 0 Å². The number of unbranched alkanes of at least 4 members (excludes halogenated alkanes) is 14. The van der Waals surface area contributed by atoms with Gasteiger partial charge in [0.25, 0.3) is 0 Å². The summed E-state index contributed by atoms with van der Waals surface area (Å²) in [6.45, 7) is 2.27. The van der Waals surface area contributed by atoms with E-state index in [1.54, 1.807) is 30.3 Å². The van der Waals surface area contributed by atoms with E-state index in [4.69, 9.17) is 25.4 Å². The molecule has 0 amide bonds. The van der Waals surface area contributed by atoms with Gasteiger partial charge in [-0.25, -0.2) is 9.59 Å². The minimum Gasteiger partial charge on any atom is -0.481 e. The van der Waals surface area contributed by atoms with E-state index in [1.807, 2.05) is 0 Å². The molecule has 35 heavy (non-hydrogen) atoms. The third kappa shape index (κ3) is 33.6. The molecule has 0 spiro atoms. The van der Waals surface area contributed by atoms with Gasteiger partial charge in [-0.2, -0.15) is 5.26 Å². The van der Waals surface area contributed by atoms with E-state index >= 15 is 0 Å². The van der Waals surface area contributed by atoms with Gasteiger partial charge in [-0.15, -0.1) is 0 Å². The molecular weight excluding hydrogens is 456 g/mol. The van der Waals surface area contributed by atoms with Crippen LogP contribution in [0.5, 0.6) is 0 Å². The number of carboxylic acid groups (broad SMARTS) is 3. The van der Waals surface area contributed by atoms with Gasteiger partial charge in [0, 0.05) is 6.42 Å². The number of carbonyl (C=O) groups excluding carboxylic acids is 1. The van der Waals surface area contributed by atoms with Crippen molar-refractivity contribution in [1.29, 1.82) is 0 Å². The standard InChI is InChI=1S/C18H36O2.C7H6O3.CH2O3.H2O/c1-2-3-4-5-6-7-8-9-10-11-12-13-14-15-16-17-18(19)20;8-7(10-9)6-4-2-1-3-5-6;2-1(3)4;/h2-17H2,1H3,(H,19,20);1-5,9H;(H2,2,3,4);1H2. The van der Waals surface area contributed by atoms with Crippen molar-refractivity contribution in [3.8, 4) is 0 Å². The highest BCUT2D eigenvalue weighted by Crippen LogP contribution is 2.13. The molecule has 0 bridgehead atoms. The summed E-state index contributed by atoms with van der Waals surface area (Å²) in [5, 5.41) is 30.4. The molecular formula is C26H46O9. The lowest BCUT2D eigenvalue weighted by molar-refractivity contribution is -0.182. The molecule has 0 aliphatic rings. The fourth-order valence-corrected chi connectivity index (χ4v) is 3.27. The fourth-order valence-electron chi connectivity index (χ4n) is 3.27. The number of aliphatic carboxylic acids is 1. The summed E-state index contributed by atoms with van der Waals surface area (Å²) < 4.78 is 0. The molecule has 0 unspecified atom stereocenters. The maximum absolute atomic E-state index is 10.5. The van der Waals surface area contributed by atoms with Gasteiger partial charge in [0.1, 0.15) is 0 Å². The Balaban J connectivity index is -0.000000564. The quantitative estimate of drug-likeness (QED) is 0.0995. The van der Waals surface area contributed by atoms with Gasteiger partial charge in [0.15, 0.2) is 0 Å². The molecule has 9 nitrogen and oxygen atoms in total. The molecule has 0 aliphatic heterocycles. The first kappa shape index (κ1) is 36.9. The van der Waals surface area contributed by atoms with Crippen molar-refractivity contribution < 1.29 is 45.3 Å². The first-order chi connectivity index (χ1) is 16.3. The summed E-state index contributed by atoms with van der Waals surface area (Å²) in [6.07, 6.45) is 18.4. The number of hydrogen-bond acceptors (Lipinski definition) is 5. The largest absolute Gasteiger partial charge is 0.503 e. The van der Waals surface area contributed by atoms with Crippen LogP contribution >= 0.6 is 0 Å². The van der Waals surface area contributed by atoms with Crippen LogP contribution in [-0.2, 0) is 9.68 Å². The van der Waals surface area contributed by atoms with Gasteiger partial charge in [-0.05, 0) is 18.6 Å². The highest BCUT2D eigenvalue weighted by molar-refractivity contribution is 5.88. The maximum atomic E-state index is 10.5. The van der Waals surface area contributed by atoms with Crippen LogP contribution in [0.1, 0.15) is 120 Å². The number of carboxylic acids is 1. The second kappa shape index (κ2) is 29.4. The zero-order valence-electron chi connectivity index (χ0n) is 21.1. The van der Waals surface area contributed by atoms with Crippen molar-refractivity contribution >= 4 is 18.1 Å². The Morgan fingerprint density at radius 2 is 1.00 bits per heavy atom. The van der Waals surface area contributed by atoms with Gasteiger partial charge in [0.2, 0.25) is 0 Å². The van der Waals surface area contributed by atoms with Gasteiger partial charge >= 0.3 is 18.1 Å². The fraction of sp³-hybridized carbons (Fsp3) is 0.654. The summed E-state index contributed by atoms with van der Waals surface area (Å²) in [6, 6.07) is 8.25. The van der Waals surface area contributed by atoms with Crippen LogP contribution in [0.25, 0.3) is 0 Å². The summed E-state index contributed by atoms with van der Waals surface area (Å²) in [5.41, 5.74) is 0.338. The minimum absolute atomic E-state index is 0. The zero-order chi connectivity index (χ0) is 25.9. The zero-order valence-corrected chi connectivity index (χ0v) is 21.1. The predicted octanol–water partition coefficient (Wildman–Crippen LogP) is 7.05. The number of carbonyl (C=O) groups is 3. The topological polar surface area (TPSA) is 173 Å². The first-order valence-corrected chi connectivity index (χ1v) is 12.4. The maximum Gasteiger partial charge on any atom is 0.503 e. The van der Waals surface area contributed by atoms with Crippen molar-refractivity contribution in [2.24, 2.45) is 0 Å². The Kier molecular flexibility index (Phi) is 31.0. The van der Waals surface area contributed by atoms with Crippen molar-refractivity contribution in [3.63, 3.8) is 0 Å². The molecule has 0 saturated heterocycles. The smallest absolute Gasteiger partial charge is 0.481 e. The molecule has 0 radical (unpaired) electrons. The van der Waals surface area contributed by atoms with Crippen molar-refractivity contribution in [2.45, 2.75) is 110 Å². The monoisotopic (exact) mass is 502 g/mol. The highest BCUT2D eigenvalue weighted by Gasteiger charge is 2.03. The molecule has 6 N–H and O–H groups in total. The second-order valence-electron chi connectivity index (χ2n) is 8.12. The van der Waals surface area contributed by atoms with E-state index in [2.05, 4.69) is 11.8 Å². The molecule has 204 valence electrons. The Morgan fingerprint density at radius 3 is 1.31 bits per heavy atom. The molecule has 0 saturated carbocycles. The number of hydrogen-bond donors (Lipinski definition) is 4. The summed E-state index contributed by atoms with van der Waals surface area (Å²) in [7, 11) is 0. The van der Waals surface area contributed by atoms with Crippen molar-refractivity contribution in [3.05, 3.63) is 35.9 Å². The molecule has 0 aliphatic carbocycles. The molecule has 0 atom stereocenters. The van der Waals surface area contributed by atoms with Crippen LogP contribution < -0.4 is 0 Å². The number of rotatable bonds is 17. The Morgan fingerprint density at radius 1 is 0.657 bits per heavy atom. The molecule has 1 aromatic rings. The Hall–Kier alpha value is -2.65. The first-order valence-electron chi connectivity index (χ1n) is 12.4. The van der Waals surface area contributed by atoms with Crippen molar-refractivity contribution in [2.75, 3.05) is 0 Å². The second-order valence-corrected chi connectivity index (χ2v) is 8.12. The van der Waals surface area contributed by atoms with Crippen LogP contribution in [0, 0.1) is 0 Å². The van der Waals surface area contributed by atoms with E-state index < -0.39 is 18.1 Å². The summed E-state index contributed by atoms with van der Waals surface area (Å²) in [5.74, 6) is -1.39. The van der Waals surface area contributed by atoms with Crippen LogP contribution in [0.4, 0.5) is 4.79 Å². The summed E-state index contributed by atoms with van der Waals surface area (Å²) >= 11 is 0. The van der Waals surface area contributed by atoms with E-state index in [1.165, 1.54) is 83.5 Å². The molecule has 0 aromatic heterocycles. The minimum atomic E-state index is -1.83. The van der Waals surface area contributed by atoms with Crippen LogP contribution in [0.15, 0.2) is 30.3 Å². The molecule has 1 rings (SSSR count). The normalized spacial score (nSPS) is 9.43. The predicted molar refractivity (Wildman–Crippen MR) is 136 cm³/mol. The lowest BCUT2D eigenvalue weighted by Crippen LogP contribution is -2.00. The third-order valence-electron chi connectivity index (χ3n) is 5.09. The third-order valence-corrected chi connectivity index (χ3v) is 5.09. The van der Waals surface area contributed by atoms with E-state index in [0.717, 1.165) is 12.8 Å². The van der Waals surface area contributed by atoms with E-state index in [0.29, 0.717) is 12.0 Å². The average Bonchev–Trinajstić information content (AvgIpc) is 2.81.